The van der Waals surface area contributed by atoms with Gasteiger partial charge < -0.3 is 5.32 Å². The highest BCUT2D eigenvalue weighted by molar-refractivity contribution is 7.89. The van der Waals surface area contributed by atoms with Gasteiger partial charge >= 0.3 is 0 Å². The first-order chi connectivity index (χ1) is 9.97. The minimum absolute atomic E-state index is 0.103. The standard InChI is InChI=1S/C16H26N2O2S/c1-13(2)17-12-14-8-10-16(11-9-14)21(19,20)18-15-6-4-3-5-7-15/h8-11,13,15,17-18H,3-7,12H2,1-2H3. The fourth-order valence-corrected chi connectivity index (χ4v) is 3.92. The summed E-state index contributed by atoms with van der Waals surface area (Å²) in [5, 5.41) is 3.32. The van der Waals surface area contributed by atoms with Gasteiger partial charge in [0.25, 0.3) is 0 Å². The van der Waals surface area contributed by atoms with Crippen LogP contribution in [-0.2, 0) is 16.6 Å². The molecule has 1 fully saturated rings. The number of sulfonamides is 1. The van der Waals surface area contributed by atoms with E-state index >= 15 is 0 Å². The zero-order valence-electron chi connectivity index (χ0n) is 12.9. The van der Waals surface area contributed by atoms with Gasteiger partial charge in [0.2, 0.25) is 10.0 Å². The van der Waals surface area contributed by atoms with Crippen LogP contribution in [0, 0.1) is 0 Å². The Morgan fingerprint density at radius 2 is 1.71 bits per heavy atom. The molecule has 1 aliphatic rings. The van der Waals surface area contributed by atoms with E-state index < -0.39 is 10.0 Å². The zero-order valence-corrected chi connectivity index (χ0v) is 13.7. The summed E-state index contributed by atoms with van der Waals surface area (Å²) in [4.78, 5) is 0.362. The number of rotatable bonds is 6. The second-order valence-corrected chi connectivity index (χ2v) is 7.85. The van der Waals surface area contributed by atoms with Crippen LogP contribution in [0.3, 0.4) is 0 Å². The third-order valence-corrected chi connectivity index (χ3v) is 5.41. The van der Waals surface area contributed by atoms with E-state index in [-0.39, 0.29) is 6.04 Å². The van der Waals surface area contributed by atoms with Crippen LogP contribution in [0.15, 0.2) is 29.2 Å². The van der Waals surface area contributed by atoms with E-state index in [4.69, 9.17) is 0 Å². The van der Waals surface area contributed by atoms with E-state index in [1.807, 2.05) is 12.1 Å². The first-order valence-electron chi connectivity index (χ1n) is 7.82. The first kappa shape index (κ1) is 16.5. The largest absolute Gasteiger partial charge is 0.310 e. The summed E-state index contributed by atoms with van der Waals surface area (Å²) in [5.74, 6) is 0. The summed E-state index contributed by atoms with van der Waals surface area (Å²) in [5.41, 5.74) is 1.10. The first-order valence-corrected chi connectivity index (χ1v) is 9.30. The fourth-order valence-electron chi connectivity index (χ4n) is 2.62. The highest BCUT2D eigenvalue weighted by Crippen LogP contribution is 2.20. The van der Waals surface area contributed by atoms with Crippen LogP contribution in [0.4, 0.5) is 0 Å². The quantitative estimate of drug-likeness (QED) is 0.849. The van der Waals surface area contributed by atoms with Crippen molar-refractivity contribution in [1.82, 2.24) is 10.0 Å². The van der Waals surface area contributed by atoms with Gasteiger partial charge in [-0.1, -0.05) is 45.2 Å². The van der Waals surface area contributed by atoms with Gasteiger partial charge in [-0.25, -0.2) is 13.1 Å². The van der Waals surface area contributed by atoms with Crippen molar-refractivity contribution in [2.24, 2.45) is 0 Å². The van der Waals surface area contributed by atoms with Crippen LogP contribution in [0.2, 0.25) is 0 Å². The molecular weight excluding hydrogens is 284 g/mol. The molecule has 0 unspecified atom stereocenters. The van der Waals surface area contributed by atoms with Crippen molar-refractivity contribution in [2.45, 2.75) is 69.5 Å². The van der Waals surface area contributed by atoms with E-state index in [2.05, 4.69) is 23.9 Å². The highest BCUT2D eigenvalue weighted by atomic mass is 32.2. The molecule has 0 aromatic heterocycles. The molecule has 0 aliphatic heterocycles. The fraction of sp³-hybridized carbons (Fsp3) is 0.625. The molecule has 5 heteroatoms. The Labute approximate surface area is 128 Å². The number of benzene rings is 1. The van der Waals surface area contributed by atoms with Gasteiger partial charge in [0.05, 0.1) is 4.90 Å². The summed E-state index contributed by atoms with van der Waals surface area (Å²) in [7, 11) is -3.38. The van der Waals surface area contributed by atoms with Crippen LogP contribution in [0.1, 0.15) is 51.5 Å². The van der Waals surface area contributed by atoms with Gasteiger partial charge in [0.1, 0.15) is 0 Å². The Bertz CT molecular complexity index is 532. The molecule has 4 nitrogen and oxygen atoms in total. The maximum Gasteiger partial charge on any atom is 0.240 e. The smallest absolute Gasteiger partial charge is 0.240 e. The predicted octanol–water partition coefficient (Wildman–Crippen LogP) is 2.80. The maximum absolute atomic E-state index is 12.4. The summed E-state index contributed by atoms with van der Waals surface area (Å²) < 4.78 is 27.5. The van der Waals surface area contributed by atoms with E-state index in [1.54, 1.807) is 12.1 Å². The Morgan fingerprint density at radius 3 is 2.29 bits per heavy atom. The van der Waals surface area contributed by atoms with Crippen molar-refractivity contribution in [3.63, 3.8) is 0 Å². The number of nitrogens with one attached hydrogen (secondary N) is 2. The van der Waals surface area contributed by atoms with Gasteiger partial charge in [0.15, 0.2) is 0 Å². The number of hydrogen-bond acceptors (Lipinski definition) is 3. The van der Waals surface area contributed by atoms with E-state index in [0.717, 1.165) is 37.8 Å². The van der Waals surface area contributed by atoms with Crippen LogP contribution in [0.5, 0.6) is 0 Å². The van der Waals surface area contributed by atoms with Crippen molar-refractivity contribution in [3.05, 3.63) is 29.8 Å². The molecule has 1 aromatic rings. The summed E-state index contributed by atoms with van der Waals surface area (Å²) in [6.45, 7) is 4.94. The summed E-state index contributed by atoms with van der Waals surface area (Å²) >= 11 is 0. The Balaban J connectivity index is 1.99. The third-order valence-electron chi connectivity index (χ3n) is 3.88. The highest BCUT2D eigenvalue weighted by Gasteiger charge is 2.21. The van der Waals surface area contributed by atoms with Crippen molar-refractivity contribution in [1.29, 1.82) is 0 Å². The Hall–Kier alpha value is -0.910. The molecule has 0 saturated heterocycles. The van der Waals surface area contributed by atoms with E-state index in [1.165, 1.54) is 6.42 Å². The molecule has 1 aromatic carbocycles. The van der Waals surface area contributed by atoms with Gasteiger partial charge in [0, 0.05) is 18.6 Å². The average molecular weight is 310 g/mol. The lowest BCUT2D eigenvalue weighted by Crippen LogP contribution is -2.36. The minimum Gasteiger partial charge on any atom is -0.310 e. The van der Waals surface area contributed by atoms with Crippen molar-refractivity contribution in [2.75, 3.05) is 0 Å². The lowest BCUT2D eigenvalue weighted by atomic mass is 9.96. The topological polar surface area (TPSA) is 58.2 Å². The molecule has 0 amide bonds. The molecule has 0 spiro atoms. The second-order valence-electron chi connectivity index (χ2n) is 6.14. The molecule has 0 radical (unpaired) electrons. The lowest BCUT2D eigenvalue weighted by Gasteiger charge is -2.22. The van der Waals surface area contributed by atoms with E-state index in [9.17, 15) is 8.42 Å². The van der Waals surface area contributed by atoms with Gasteiger partial charge in [-0.15, -0.1) is 0 Å². The Morgan fingerprint density at radius 1 is 1.10 bits per heavy atom. The molecule has 2 N–H and O–H groups in total. The molecule has 0 heterocycles. The lowest BCUT2D eigenvalue weighted by molar-refractivity contribution is 0.412. The SMILES string of the molecule is CC(C)NCc1ccc(S(=O)(=O)NC2CCCCC2)cc1. The average Bonchev–Trinajstić information content (AvgIpc) is 2.46. The van der Waals surface area contributed by atoms with Gasteiger partial charge in [-0.2, -0.15) is 0 Å². The predicted molar refractivity (Wildman–Crippen MR) is 85.6 cm³/mol. The third kappa shape index (κ3) is 5.09. The zero-order chi connectivity index (χ0) is 15.3. The molecule has 0 bridgehead atoms. The molecule has 1 aliphatic carbocycles. The van der Waals surface area contributed by atoms with Gasteiger partial charge in [-0.05, 0) is 30.5 Å². The Kier molecular flexibility index (Phi) is 5.79. The van der Waals surface area contributed by atoms with Gasteiger partial charge in [-0.3, -0.25) is 0 Å². The molecular formula is C16H26N2O2S. The molecule has 118 valence electrons. The van der Waals surface area contributed by atoms with Crippen LogP contribution < -0.4 is 10.0 Å². The van der Waals surface area contributed by atoms with Crippen molar-refractivity contribution < 1.29 is 8.42 Å². The molecule has 0 atom stereocenters. The molecule has 21 heavy (non-hydrogen) atoms. The minimum atomic E-state index is -3.38. The number of hydrogen-bond donors (Lipinski definition) is 2. The summed E-state index contributed by atoms with van der Waals surface area (Å²) in [6.07, 6.45) is 5.36. The van der Waals surface area contributed by atoms with Crippen molar-refractivity contribution in [3.8, 4) is 0 Å². The van der Waals surface area contributed by atoms with Crippen molar-refractivity contribution >= 4 is 10.0 Å². The molecule has 1 saturated carbocycles. The molecule has 2 rings (SSSR count). The monoisotopic (exact) mass is 310 g/mol. The van der Waals surface area contributed by atoms with Crippen LogP contribution in [-0.4, -0.2) is 20.5 Å². The van der Waals surface area contributed by atoms with E-state index in [0.29, 0.717) is 10.9 Å². The van der Waals surface area contributed by atoms with Crippen LogP contribution in [0.25, 0.3) is 0 Å². The summed E-state index contributed by atoms with van der Waals surface area (Å²) in [6, 6.07) is 7.67. The normalized spacial score (nSPS) is 17.3. The van der Waals surface area contributed by atoms with Crippen LogP contribution >= 0.6 is 0 Å². The second kappa shape index (κ2) is 7.38. The maximum atomic E-state index is 12.4.